The summed E-state index contributed by atoms with van der Waals surface area (Å²) in [5.74, 6) is -0.205. The van der Waals surface area contributed by atoms with Crippen molar-refractivity contribution in [3.8, 4) is 5.75 Å². The van der Waals surface area contributed by atoms with Gasteiger partial charge in [-0.05, 0) is 22.0 Å². The van der Waals surface area contributed by atoms with E-state index in [0.29, 0.717) is 11.8 Å². The molecule has 0 radical (unpaired) electrons. The second kappa shape index (κ2) is 3.67. The molecule has 1 rings (SSSR count). The highest BCUT2D eigenvalue weighted by Gasteiger charge is 2.07. The van der Waals surface area contributed by atoms with E-state index in [1.165, 1.54) is 13.2 Å². The highest BCUT2D eigenvalue weighted by molar-refractivity contribution is 9.10. The third-order valence-electron chi connectivity index (χ3n) is 1.40. The summed E-state index contributed by atoms with van der Waals surface area (Å²) in [6, 6.07) is 2.54. The van der Waals surface area contributed by atoms with Gasteiger partial charge in [-0.1, -0.05) is 0 Å². The highest BCUT2D eigenvalue weighted by atomic mass is 79.9. The largest absolute Gasteiger partial charge is 0.496 e. The van der Waals surface area contributed by atoms with Crippen molar-refractivity contribution in [1.82, 2.24) is 0 Å². The van der Waals surface area contributed by atoms with E-state index in [0.717, 1.165) is 6.07 Å². The van der Waals surface area contributed by atoms with Crippen molar-refractivity contribution >= 4 is 22.2 Å². The minimum absolute atomic E-state index is 0.241. The average molecular weight is 233 g/mol. The molecule has 0 N–H and O–H groups in total. The van der Waals surface area contributed by atoms with Crippen molar-refractivity contribution in [2.75, 3.05) is 7.11 Å². The van der Waals surface area contributed by atoms with Crippen molar-refractivity contribution < 1.29 is 13.9 Å². The first-order valence-corrected chi connectivity index (χ1v) is 3.96. The first-order chi connectivity index (χ1) is 5.69. The number of benzene rings is 1. The summed E-state index contributed by atoms with van der Waals surface area (Å²) in [6.07, 6.45) is 0.614. The molecule has 0 atom stereocenters. The summed E-state index contributed by atoms with van der Waals surface area (Å²) in [4.78, 5) is 10.4. The van der Waals surface area contributed by atoms with E-state index >= 15 is 0 Å². The van der Waals surface area contributed by atoms with Crippen molar-refractivity contribution in [3.63, 3.8) is 0 Å². The number of halogens is 2. The number of aldehydes is 1. The Balaban J connectivity index is 3.28. The molecule has 64 valence electrons. The second-order valence-electron chi connectivity index (χ2n) is 2.13. The maximum absolute atomic E-state index is 12.8. The number of rotatable bonds is 2. The smallest absolute Gasteiger partial charge is 0.153 e. The Hall–Kier alpha value is -0.900. The molecule has 0 heterocycles. The van der Waals surface area contributed by atoms with E-state index < -0.39 is 5.82 Å². The number of hydrogen-bond acceptors (Lipinski definition) is 2. The molecule has 0 bridgehead atoms. The van der Waals surface area contributed by atoms with Gasteiger partial charge in [-0.2, -0.15) is 0 Å². The Labute approximate surface area is 77.5 Å². The maximum Gasteiger partial charge on any atom is 0.153 e. The van der Waals surface area contributed by atoms with Gasteiger partial charge in [-0.15, -0.1) is 0 Å². The zero-order chi connectivity index (χ0) is 9.14. The fraction of sp³-hybridized carbons (Fsp3) is 0.125. The van der Waals surface area contributed by atoms with Crippen LogP contribution in [-0.2, 0) is 0 Å². The van der Waals surface area contributed by atoms with Crippen LogP contribution in [0.4, 0.5) is 4.39 Å². The molecule has 2 nitrogen and oxygen atoms in total. The molecular formula is C8H6BrFO2. The van der Waals surface area contributed by atoms with Crippen LogP contribution in [0.25, 0.3) is 0 Å². The Morgan fingerprint density at radius 2 is 2.25 bits per heavy atom. The molecule has 1 aromatic carbocycles. The molecule has 0 aliphatic carbocycles. The molecule has 12 heavy (non-hydrogen) atoms. The number of hydrogen-bond donors (Lipinski definition) is 0. The standard InChI is InChI=1S/C8H6BrFO2/c1-12-8-3-7(10)6(9)2-5(8)4-11/h2-4H,1H3. The third-order valence-corrected chi connectivity index (χ3v) is 2.01. The van der Waals surface area contributed by atoms with Gasteiger partial charge >= 0.3 is 0 Å². The van der Waals surface area contributed by atoms with E-state index in [1.54, 1.807) is 0 Å². The molecule has 0 saturated heterocycles. The second-order valence-corrected chi connectivity index (χ2v) is 2.98. The number of methoxy groups -OCH3 is 1. The van der Waals surface area contributed by atoms with E-state index in [-0.39, 0.29) is 10.2 Å². The Morgan fingerprint density at radius 1 is 1.58 bits per heavy atom. The Bertz CT molecular complexity index is 312. The maximum atomic E-state index is 12.8. The summed E-state index contributed by atoms with van der Waals surface area (Å²) in [7, 11) is 1.38. The lowest BCUT2D eigenvalue weighted by atomic mass is 10.2. The first-order valence-electron chi connectivity index (χ1n) is 3.17. The fourth-order valence-corrected chi connectivity index (χ4v) is 1.17. The predicted molar refractivity (Wildman–Crippen MR) is 46.0 cm³/mol. The molecule has 0 saturated carbocycles. The van der Waals surface area contributed by atoms with Gasteiger partial charge in [-0.25, -0.2) is 4.39 Å². The molecule has 0 spiro atoms. The van der Waals surface area contributed by atoms with Crippen LogP contribution in [-0.4, -0.2) is 13.4 Å². The van der Waals surface area contributed by atoms with E-state index in [9.17, 15) is 9.18 Å². The third kappa shape index (κ3) is 1.64. The van der Waals surface area contributed by atoms with Crippen molar-refractivity contribution in [1.29, 1.82) is 0 Å². The van der Waals surface area contributed by atoms with E-state index in [4.69, 9.17) is 4.74 Å². The molecule has 0 fully saturated rings. The zero-order valence-electron chi connectivity index (χ0n) is 6.30. The lowest BCUT2D eigenvalue weighted by molar-refractivity contribution is 0.112. The molecule has 0 aromatic heterocycles. The minimum Gasteiger partial charge on any atom is -0.496 e. The van der Waals surface area contributed by atoms with Gasteiger partial charge in [0.2, 0.25) is 0 Å². The topological polar surface area (TPSA) is 26.3 Å². The molecule has 1 aromatic rings. The van der Waals surface area contributed by atoms with Crippen molar-refractivity contribution in [2.45, 2.75) is 0 Å². The van der Waals surface area contributed by atoms with Gasteiger partial charge in [-0.3, -0.25) is 4.79 Å². The summed E-state index contributed by atoms with van der Waals surface area (Å²) < 4.78 is 17.9. The molecule has 0 aliphatic rings. The normalized spacial score (nSPS) is 9.58. The van der Waals surface area contributed by atoms with Crippen LogP contribution in [0.1, 0.15) is 10.4 Å². The SMILES string of the molecule is COc1cc(F)c(Br)cc1C=O. The van der Waals surface area contributed by atoms with Crippen LogP contribution in [0.3, 0.4) is 0 Å². The van der Waals surface area contributed by atoms with Crippen molar-refractivity contribution in [3.05, 3.63) is 28.0 Å². The van der Waals surface area contributed by atoms with Crippen LogP contribution in [0.5, 0.6) is 5.75 Å². The first kappa shape index (κ1) is 9.19. The van der Waals surface area contributed by atoms with Gasteiger partial charge in [0.15, 0.2) is 6.29 Å². The number of carbonyl (C=O) groups excluding carboxylic acids is 1. The number of ether oxygens (including phenoxy) is 1. The van der Waals surface area contributed by atoms with Crippen molar-refractivity contribution in [2.24, 2.45) is 0 Å². The monoisotopic (exact) mass is 232 g/mol. The van der Waals surface area contributed by atoms with Crippen LogP contribution in [0.2, 0.25) is 0 Å². The highest BCUT2D eigenvalue weighted by Crippen LogP contribution is 2.24. The summed E-state index contributed by atoms with van der Waals surface area (Å²) in [6.45, 7) is 0. The summed E-state index contributed by atoms with van der Waals surface area (Å²) in [5.41, 5.74) is 0.325. The van der Waals surface area contributed by atoms with E-state index in [1.807, 2.05) is 0 Å². The lowest BCUT2D eigenvalue weighted by Gasteiger charge is -2.03. The zero-order valence-corrected chi connectivity index (χ0v) is 7.89. The van der Waals surface area contributed by atoms with Gasteiger partial charge < -0.3 is 4.74 Å². The van der Waals surface area contributed by atoms with Crippen LogP contribution < -0.4 is 4.74 Å². The Kier molecular flexibility index (Phi) is 2.81. The molecule has 0 amide bonds. The summed E-state index contributed by atoms with van der Waals surface area (Å²) >= 11 is 2.96. The van der Waals surface area contributed by atoms with Crippen LogP contribution >= 0.6 is 15.9 Å². The predicted octanol–water partition coefficient (Wildman–Crippen LogP) is 2.41. The van der Waals surface area contributed by atoms with Crippen LogP contribution in [0.15, 0.2) is 16.6 Å². The quantitative estimate of drug-likeness (QED) is 0.733. The Morgan fingerprint density at radius 3 is 2.75 bits per heavy atom. The lowest BCUT2D eigenvalue weighted by Crippen LogP contribution is -1.92. The van der Waals surface area contributed by atoms with Gasteiger partial charge in [0.1, 0.15) is 11.6 Å². The fourth-order valence-electron chi connectivity index (χ4n) is 0.813. The van der Waals surface area contributed by atoms with Gasteiger partial charge in [0.05, 0.1) is 17.1 Å². The molecular weight excluding hydrogens is 227 g/mol. The molecule has 0 aliphatic heterocycles. The average Bonchev–Trinajstić information content (AvgIpc) is 2.09. The molecule has 0 unspecified atom stereocenters. The van der Waals surface area contributed by atoms with E-state index in [2.05, 4.69) is 15.9 Å². The molecule has 4 heteroatoms. The van der Waals surface area contributed by atoms with Gasteiger partial charge in [0.25, 0.3) is 0 Å². The van der Waals surface area contributed by atoms with Gasteiger partial charge in [0, 0.05) is 6.07 Å². The number of carbonyl (C=O) groups is 1. The minimum atomic E-state index is -0.447. The summed E-state index contributed by atoms with van der Waals surface area (Å²) in [5, 5.41) is 0. The van der Waals surface area contributed by atoms with Crippen LogP contribution in [0, 0.1) is 5.82 Å².